The highest BCUT2D eigenvalue weighted by Gasteiger charge is 2.18. The van der Waals surface area contributed by atoms with Gasteiger partial charge in [-0.3, -0.25) is 0 Å². The lowest BCUT2D eigenvalue weighted by molar-refractivity contribution is 0.600. The zero-order chi connectivity index (χ0) is 15.0. The fraction of sp³-hybridized carbons (Fsp3) is 0.250. The monoisotopic (exact) mass is 303 g/mol. The van der Waals surface area contributed by atoms with Gasteiger partial charge in [0.1, 0.15) is 17.2 Å². The molecule has 1 aromatic carbocycles. The highest BCUT2D eigenvalue weighted by atomic mass is 35.5. The largest absolute Gasteiger partial charge is 0.304 e. The summed E-state index contributed by atoms with van der Waals surface area (Å²) in [5.74, 6) is 0.775. The average Bonchev–Trinajstić information content (AvgIpc) is 2.84. The summed E-state index contributed by atoms with van der Waals surface area (Å²) in [6.07, 6.45) is 0. The van der Waals surface area contributed by atoms with Crippen LogP contribution in [0.4, 0.5) is 4.39 Å². The Kier molecular flexibility index (Phi) is 3.64. The van der Waals surface area contributed by atoms with Gasteiger partial charge in [0.15, 0.2) is 5.65 Å². The van der Waals surface area contributed by atoms with Gasteiger partial charge in [0.05, 0.1) is 11.9 Å². The average molecular weight is 304 g/mol. The highest BCUT2D eigenvalue weighted by molar-refractivity contribution is 6.16. The summed E-state index contributed by atoms with van der Waals surface area (Å²) in [4.78, 5) is 9.08. The van der Waals surface area contributed by atoms with E-state index in [4.69, 9.17) is 11.6 Å². The van der Waals surface area contributed by atoms with Gasteiger partial charge in [-0.25, -0.2) is 14.4 Å². The number of hydrogen-bond donors (Lipinski definition) is 0. The van der Waals surface area contributed by atoms with Crippen LogP contribution in [0.3, 0.4) is 0 Å². The molecule has 0 amide bonds. The zero-order valence-corrected chi connectivity index (χ0v) is 12.6. The summed E-state index contributed by atoms with van der Waals surface area (Å²) in [5.41, 5.74) is 3.36. The van der Waals surface area contributed by atoms with Crippen molar-refractivity contribution in [3.05, 3.63) is 59.3 Å². The standard InChI is InChI=1S/C16H15ClFN3/c1-10-6-7-14-16(19-10)21(15(9-17)20-14)11(2)12-4-3-5-13(18)8-12/h3-8,11H,9H2,1-2H3. The summed E-state index contributed by atoms with van der Waals surface area (Å²) < 4.78 is 15.4. The summed E-state index contributed by atoms with van der Waals surface area (Å²) in [6.45, 7) is 3.93. The number of alkyl halides is 1. The van der Waals surface area contributed by atoms with Crippen LogP contribution in [0.25, 0.3) is 11.2 Å². The molecule has 0 aliphatic rings. The van der Waals surface area contributed by atoms with Crippen LogP contribution in [-0.4, -0.2) is 14.5 Å². The van der Waals surface area contributed by atoms with Crippen molar-refractivity contribution in [2.75, 3.05) is 0 Å². The van der Waals surface area contributed by atoms with Gasteiger partial charge in [-0.2, -0.15) is 0 Å². The van der Waals surface area contributed by atoms with Crippen molar-refractivity contribution in [2.24, 2.45) is 0 Å². The lowest BCUT2D eigenvalue weighted by Gasteiger charge is -2.17. The van der Waals surface area contributed by atoms with Gasteiger partial charge in [-0.1, -0.05) is 12.1 Å². The summed E-state index contributed by atoms with van der Waals surface area (Å²) in [7, 11) is 0. The highest BCUT2D eigenvalue weighted by Crippen LogP contribution is 2.26. The van der Waals surface area contributed by atoms with Crippen LogP contribution in [-0.2, 0) is 5.88 Å². The molecule has 21 heavy (non-hydrogen) atoms. The minimum atomic E-state index is -0.250. The SMILES string of the molecule is Cc1ccc2nc(CCl)n(C(C)c3cccc(F)c3)c2n1. The van der Waals surface area contributed by atoms with Crippen molar-refractivity contribution in [2.45, 2.75) is 25.8 Å². The molecule has 0 radical (unpaired) electrons. The van der Waals surface area contributed by atoms with Crippen molar-refractivity contribution >= 4 is 22.8 Å². The van der Waals surface area contributed by atoms with Crippen molar-refractivity contribution in [3.8, 4) is 0 Å². The Morgan fingerprint density at radius 1 is 1.24 bits per heavy atom. The van der Waals surface area contributed by atoms with E-state index in [9.17, 15) is 4.39 Å². The van der Waals surface area contributed by atoms with Gasteiger partial charge in [0.2, 0.25) is 0 Å². The van der Waals surface area contributed by atoms with Crippen molar-refractivity contribution in [1.82, 2.24) is 14.5 Å². The molecule has 0 aliphatic heterocycles. The van der Waals surface area contributed by atoms with Gasteiger partial charge < -0.3 is 4.57 Å². The summed E-state index contributed by atoms with van der Waals surface area (Å²) >= 11 is 6.02. The number of aryl methyl sites for hydroxylation is 1. The van der Waals surface area contributed by atoms with Gasteiger partial charge in [0.25, 0.3) is 0 Å². The van der Waals surface area contributed by atoms with Crippen molar-refractivity contribution < 1.29 is 4.39 Å². The Balaban J connectivity index is 2.20. The van der Waals surface area contributed by atoms with Crippen LogP contribution in [0.2, 0.25) is 0 Å². The molecule has 1 atom stereocenters. The molecule has 108 valence electrons. The first-order chi connectivity index (χ1) is 10.1. The van der Waals surface area contributed by atoms with Crippen molar-refractivity contribution in [3.63, 3.8) is 0 Å². The maximum atomic E-state index is 13.5. The lowest BCUT2D eigenvalue weighted by Crippen LogP contribution is -2.11. The first kappa shape index (κ1) is 14.0. The predicted molar refractivity (Wildman–Crippen MR) is 82.0 cm³/mol. The molecule has 1 unspecified atom stereocenters. The molecular weight excluding hydrogens is 289 g/mol. The minimum absolute atomic E-state index is 0.0891. The molecule has 0 fully saturated rings. The fourth-order valence-corrected chi connectivity index (χ4v) is 2.72. The number of imidazole rings is 1. The van der Waals surface area contributed by atoms with Crippen molar-refractivity contribution in [1.29, 1.82) is 0 Å². The van der Waals surface area contributed by atoms with Crippen LogP contribution in [0.1, 0.15) is 30.0 Å². The number of hydrogen-bond acceptors (Lipinski definition) is 2. The Labute approximate surface area is 127 Å². The Bertz CT molecular complexity index is 797. The third-order valence-electron chi connectivity index (χ3n) is 3.59. The van der Waals surface area contributed by atoms with E-state index in [1.807, 2.05) is 36.6 Å². The van der Waals surface area contributed by atoms with E-state index in [0.717, 1.165) is 28.2 Å². The predicted octanol–water partition coefficient (Wildman–Crippen LogP) is 4.23. The lowest BCUT2D eigenvalue weighted by atomic mass is 10.1. The van der Waals surface area contributed by atoms with Gasteiger partial charge in [-0.05, 0) is 43.7 Å². The van der Waals surface area contributed by atoms with E-state index in [-0.39, 0.29) is 17.7 Å². The Hall–Kier alpha value is -1.94. The maximum absolute atomic E-state index is 13.5. The molecule has 0 saturated heterocycles. The van der Waals surface area contributed by atoms with E-state index in [1.165, 1.54) is 12.1 Å². The third kappa shape index (κ3) is 2.51. The second-order valence-electron chi connectivity index (χ2n) is 5.06. The number of nitrogens with zero attached hydrogens (tertiary/aromatic N) is 3. The van der Waals surface area contributed by atoms with E-state index in [1.54, 1.807) is 6.07 Å². The number of pyridine rings is 1. The van der Waals surface area contributed by atoms with Crippen LogP contribution in [0.15, 0.2) is 36.4 Å². The number of rotatable bonds is 3. The van der Waals surface area contributed by atoms with E-state index >= 15 is 0 Å². The minimum Gasteiger partial charge on any atom is -0.304 e. The second-order valence-corrected chi connectivity index (χ2v) is 5.33. The molecular formula is C16H15ClFN3. The molecule has 0 spiro atoms. The normalized spacial score (nSPS) is 12.8. The molecule has 3 nitrogen and oxygen atoms in total. The molecule has 0 bridgehead atoms. The molecule has 0 aliphatic carbocycles. The Morgan fingerprint density at radius 2 is 2.05 bits per heavy atom. The number of aromatic nitrogens is 3. The van der Waals surface area contributed by atoms with Crippen LogP contribution >= 0.6 is 11.6 Å². The molecule has 3 aromatic rings. The zero-order valence-electron chi connectivity index (χ0n) is 11.8. The van der Waals surface area contributed by atoms with Gasteiger partial charge in [-0.15, -0.1) is 11.6 Å². The first-order valence-electron chi connectivity index (χ1n) is 6.76. The number of benzene rings is 1. The quantitative estimate of drug-likeness (QED) is 0.678. The molecule has 2 aromatic heterocycles. The number of halogens is 2. The van der Waals surface area contributed by atoms with E-state index in [0.29, 0.717) is 0 Å². The van der Waals surface area contributed by atoms with Crippen LogP contribution < -0.4 is 0 Å². The van der Waals surface area contributed by atoms with E-state index < -0.39 is 0 Å². The van der Waals surface area contributed by atoms with Gasteiger partial charge in [0, 0.05) is 5.69 Å². The summed E-state index contributed by atoms with van der Waals surface area (Å²) in [5, 5.41) is 0. The molecule has 2 heterocycles. The van der Waals surface area contributed by atoms with Crippen LogP contribution in [0.5, 0.6) is 0 Å². The molecule has 0 saturated carbocycles. The Morgan fingerprint density at radius 3 is 2.76 bits per heavy atom. The maximum Gasteiger partial charge on any atom is 0.160 e. The van der Waals surface area contributed by atoms with E-state index in [2.05, 4.69) is 9.97 Å². The molecule has 0 N–H and O–H groups in total. The smallest absolute Gasteiger partial charge is 0.160 e. The second kappa shape index (κ2) is 5.45. The topological polar surface area (TPSA) is 30.7 Å². The summed E-state index contributed by atoms with van der Waals surface area (Å²) in [6, 6.07) is 10.3. The third-order valence-corrected chi connectivity index (χ3v) is 3.83. The van der Waals surface area contributed by atoms with Crippen LogP contribution in [0, 0.1) is 12.7 Å². The molecule has 5 heteroatoms. The van der Waals surface area contributed by atoms with Gasteiger partial charge >= 0.3 is 0 Å². The molecule has 3 rings (SSSR count). The first-order valence-corrected chi connectivity index (χ1v) is 7.29. The fourth-order valence-electron chi connectivity index (χ4n) is 2.53. The number of fused-ring (bicyclic) bond motifs is 1.